The summed E-state index contributed by atoms with van der Waals surface area (Å²) in [5.74, 6) is 0. The molecule has 1 aromatic heterocycles. The predicted molar refractivity (Wildman–Crippen MR) is 75.9 cm³/mol. The Balaban J connectivity index is 2.03. The summed E-state index contributed by atoms with van der Waals surface area (Å²) < 4.78 is 0. The summed E-state index contributed by atoms with van der Waals surface area (Å²) >= 11 is 0. The lowest BCUT2D eigenvalue weighted by molar-refractivity contribution is -0.0308. The number of benzene rings is 1. The number of aromatic nitrogens is 2. The normalized spacial score (nSPS) is 19.6. The number of nitrogens with one attached hydrogen (secondary N) is 1. The van der Waals surface area contributed by atoms with Crippen LogP contribution in [-0.4, -0.2) is 40.7 Å². The molecule has 1 aromatic carbocycles. The number of hydrogen-bond acceptors (Lipinski definition) is 3. The summed E-state index contributed by atoms with van der Waals surface area (Å²) in [5, 5.41) is 9.84. The fourth-order valence-electron chi connectivity index (χ4n) is 3.47. The van der Waals surface area contributed by atoms with E-state index in [1.54, 1.807) is 6.33 Å². The van der Waals surface area contributed by atoms with Crippen LogP contribution in [0.4, 0.5) is 0 Å². The van der Waals surface area contributed by atoms with Crippen LogP contribution in [0.1, 0.15) is 30.9 Å². The number of fused-ring (bicyclic) bond motifs is 1. The van der Waals surface area contributed by atoms with E-state index in [2.05, 4.69) is 47.2 Å². The van der Waals surface area contributed by atoms with Crippen molar-refractivity contribution in [2.75, 3.05) is 20.7 Å². The molecule has 0 spiro atoms. The lowest BCUT2D eigenvalue weighted by atomic mass is 9.62. The van der Waals surface area contributed by atoms with Gasteiger partial charge in [-0.3, -0.25) is 0 Å². The Morgan fingerprint density at radius 2 is 2.21 bits per heavy atom. The van der Waals surface area contributed by atoms with E-state index in [-0.39, 0.29) is 18.1 Å². The molecule has 0 radical (unpaired) electrons. The highest BCUT2D eigenvalue weighted by atomic mass is 16.3. The topological polar surface area (TPSA) is 52.2 Å². The third-order valence-electron chi connectivity index (χ3n) is 4.52. The first-order valence-electron chi connectivity index (χ1n) is 6.87. The summed E-state index contributed by atoms with van der Waals surface area (Å²) in [5.41, 5.74) is 3.34. The average molecular weight is 259 g/mol. The van der Waals surface area contributed by atoms with Gasteiger partial charge in [0, 0.05) is 11.5 Å². The minimum atomic E-state index is 0.0250. The Morgan fingerprint density at radius 1 is 1.42 bits per heavy atom. The molecule has 0 aliphatic heterocycles. The summed E-state index contributed by atoms with van der Waals surface area (Å²) in [6.45, 7) is 0.261. The molecule has 4 nitrogen and oxygen atoms in total. The van der Waals surface area contributed by atoms with Crippen molar-refractivity contribution in [2.45, 2.75) is 25.3 Å². The van der Waals surface area contributed by atoms with Gasteiger partial charge in [0.1, 0.15) is 0 Å². The van der Waals surface area contributed by atoms with Crippen molar-refractivity contribution in [3.8, 4) is 0 Å². The van der Waals surface area contributed by atoms with E-state index in [9.17, 15) is 5.11 Å². The fraction of sp³-hybridized carbons (Fsp3) is 0.533. The summed E-state index contributed by atoms with van der Waals surface area (Å²) in [4.78, 5) is 9.66. The van der Waals surface area contributed by atoms with E-state index in [1.165, 1.54) is 12.0 Å². The maximum absolute atomic E-state index is 9.84. The van der Waals surface area contributed by atoms with Crippen LogP contribution in [0.3, 0.4) is 0 Å². The molecule has 1 fully saturated rings. The van der Waals surface area contributed by atoms with Gasteiger partial charge in [0.15, 0.2) is 0 Å². The van der Waals surface area contributed by atoms with E-state index in [0.29, 0.717) is 0 Å². The van der Waals surface area contributed by atoms with Crippen LogP contribution >= 0.6 is 0 Å². The van der Waals surface area contributed by atoms with Crippen molar-refractivity contribution in [3.05, 3.63) is 30.1 Å². The van der Waals surface area contributed by atoms with Crippen molar-refractivity contribution < 1.29 is 5.11 Å². The molecular weight excluding hydrogens is 238 g/mol. The highest BCUT2D eigenvalue weighted by Crippen LogP contribution is 2.52. The van der Waals surface area contributed by atoms with Gasteiger partial charge in [0.25, 0.3) is 0 Å². The number of imidazole rings is 1. The molecule has 102 valence electrons. The first-order chi connectivity index (χ1) is 9.16. The number of aliphatic hydroxyl groups excluding tert-OH is 1. The second-order valence-electron chi connectivity index (χ2n) is 5.92. The van der Waals surface area contributed by atoms with Gasteiger partial charge in [-0.15, -0.1) is 0 Å². The first kappa shape index (κ1) is 12.6. The second-order valence-corrected chi connectivity index (χ2v) is 5.92. The largest absolute Gasteiger partial charge is 0.396 e. The van der Waals surface area contributed by atoms with E-state index in [1.807, 2.05) is 0 Å². The van der Waals surface area contributed by atoms with Crippen LogP contribution in [0.2, 0.25) is 0 Å². The zero-order valence-corrected chi connectivity index (χ0v) is 11.6. The second kappa shape index (κ2) is 4.62. The summed E-state index contributed by atoms with van der Waals surface area (Å²) in [6, 6.07) is 6.63. The quantitative estimate of drug-likeness (QED) is 0.886. The number of H-pyrrole nitrogens is 1. The lowest BCUT2D eigenvalue weighted by Gasteiger charge is -2.49. The Morgan fingerprint density at radius 3 is 2.79 bits per heavy atom. The van der Waals surface area contributed by atoms with Crippen LogP contribution in [0.15, 0.2) is 24.5 Å². The molecule has 1 aliphatic carbocycles. The molecule has 1 atom stereocenters. The van der Waals surface area contributed by atoms with E-state index >= 15 is 0 Å². The fourth-order valence-corrected chi connectivity index (χ4v) is 3.47. The molecule has 0 bridgehead atoms. The van der Waals surface area contributed by atoms with Gasteiger partial charge in [-0.1, -0.05) is 12.5 Å². The third-order valence-corrected chi connectivity index (χ3v) is 4.52. The molecule has 1 heterocycles. The highest BCUT2D eigenvalue weighted by Gasteiger charge is 2.45. The zero-order valence-electron chi connectivity index (χ0n) is 11.6. The van der Waals surface area contributed by atoms with E-state index < -0.39 is 0 Å². The summed E-state index contributed by atoms with van der Waals surface area (Å²) in [7, 11) is 4.19. The Kier molecular flexibility index (Phi) is 3.07. The van der Waals surface area contributed by atoms with Crippen molar-refractivity contribution >= 4 is 11.0 Å². The molecule has 3 rings (SSSR count). The standard InChI is InChI=1S/C15H21N3O/c1-18(2)14(15(9-19)6-3-7-15)11-4-5-12-13(8-11)17-10-16-12/h4-5,8,10,14,19H,3,6-7,9H2,1-2H3,(H,16,17). The number of aromatic amines is 1. The first-order valence-corrected chi connectivity index (χ1v) is 6.87. The SMILES string of the molecule is CN(C)C(c1ccc2nc[nH]c2c1)C1(CO)CCC1. The van der Waals surface area contributed by atoms with Gasteiger partial charge < -0.3 is 15.0 Å². The van der Waals surface area contributed by atoms with Crippen molar-refractivity contribution in [3.63, 3.8) is 0 Å². The number of hydrogen-bond donors (Lipinski definition) is 2. The Hall–Kier alpha value is -1.39. The Labute approximate surface area is 113 Å². The maximum atomic E-state index is 9.84. The minimum Gasteiger partial charge on any atom is -0.396 e. The maximum Gasteiger partial charge on any atom is 0.0931 e. The van der Waals surface area contributed by atoms with Crippen LogP contribution in [0.25, 0.3) is 11.0 Å². The van der Waals surface area contributed by atoms with E-state index in [0.717, 1.165) is 23.9 Å². The third kappa shape index (κ3) is 1.95. The van der Waals surface area contributed by atoms with Crippen LogP contribution in [0, 0.1) is 5.41 Å². The van der Waals surface area contributed by atoms with Crippen LogP contribution in [-0.2, 0) is 0 Å². The molecule has 2 N–H and O–H groups in total. The molecule has 0 amide bonds. The molecule has 1 unspecified atom stereocenters. The van der Waals surface area contributed by atoms with E-state index in [4.69, 9.17) is 0 Å². The molecule has 19 heavy (non-hydrogen) atoms. The van der Waals surface area contributed by atoms with Gasteiger partial charge in [-0.25, -0.2) is 4.98 Å². The molecule has 0 saturated heterocycles. The number of rotatable bonds is 4. The number of nitrogens with zero attached hydrogens (tertiary/aromatic N) is 2. The lowest BCUT2D eigenvalue weighted by Crippen LogP contribution is -2.45. The van der Waals surface area contributed by atoms with Gasteiger partial charge in [0.05, 0.1) is 24.0 Å². The molecule has 1 aliphatic rings. The van der Waals surface area contributed by atoms with Crippen LogP contribution in [0.5, 0.6) is 0 Å². The van der Waals surface area contributed by atoms with Gasteiger partial charge in [0.2, 0.25) is 0 Å². The molecule has 2 aromatic rings. The zero-order chi connectivity index (χ0) is 13.5. The van der Waals surface area contributed by atoms with Crippen molar-refractivity contribution in [1.82, 2.24) is 14.9 Å². The smallest absolute Gasteiger partial charge is 0.0931 e. The molecular formula is C15H21N3O. The average Bonchev–Trinajstić information content (AvgIpc) is 2.80. The Bertz CT molecular complexity index is 566. The van der Waals surface area contributed by atoms with Crippen molar-refractivity contribution in [1.29, 1.82) is 0 Å². The van der Waals surface area contributed by atoms with Gasteiger partial charge in [-0.05, 0) is 44.6 Å². The predicted octanol–water partition coefficient (Wildman–Crippen LogP) is 2.33. The van der Waals surface area contributed by atoms with Crippen LogP contribution < -0.4 is 0 Å². The molecule has 4 heteroatoms. The number of aliphatic hydroxyl groups is 1. The highest BCUT2D eigenvalue weighted by molar-refractivity contribution is 5.75. The summed E-state index contributed by atoms with van der Waals surface area (Å²) in [6.07, 6.45) is 5.15. The van der Waals surface area contributed by atoms with Gasteiger partial charge >= 0.3 is 0 Å². The monoisotopic (exact) mass is 259 g/mol. The minimum absolute atomic E-state index is 0.0250. The molecule has 1 saturated carbocycles. The van der Waals surface area contributed by atoms with Gasteiger partial charge in [-0.2, -0.15) is 0 Å². The van der Waals surface area contributed by atoms with Crippen molar-refractivity contribution in [2.24, 2.45) is 5.41 Å².